The van der Waals surface area contributed by atoms with Crippen LogP contribution in [0.5, 0.6) is 0 Å². The third-order valence-electron chi connectivity index (χ3n) is 2.60. The fourth-order valence-electron chi connectivity index (χ4n) is 1.70. The Kier molecular flexibility index (Phi) is 7.69. The van der Waals surface area contributed by atoms with Gasteiger partial charge in [-0.1, -0.05) is 26.0 Å². The van der Waals surface area contributed by atoms with E-state index in [9.17, 15) is 4.79 Å². The summed E-state index contributed by atoms with van der Waals surface area (Å²) < 4.78 is 11.1. The average Bonchev–Trinajstić information content (AvgIpc) is 2.25. The van der Waals surface area contributed by atoms with Crippen molar-refractivity contribution in [2.45, 2.75) is 60.2 Å². The maximum Gasteiger partial charge on any atom is 0.330 e. The van der Waals surface area contributed by atoms with Crippen molar-refractivity contribution in [3.8, 4) is 0 Å². The van der Waals surface area contributed by atoms with Crippen molar-refractivity contribution in [2.24, 2.45) is 5.92 Å². The van der Waals surface area contributed by atoms with Crippen LogP contribution in [0.4, 0.5) is 0 Å². The molecule has 0 aliphatic rings. The first-order valence-electron chi connectivity index (χ1n) is 6.83. The molecule has 0 aliphatic heterocycles. The molecule has 110 valence electrons. The Morgan fingerprint density at radius 2 is 1.84 bits per heavy atom. The Morgan fingerprint density at radius 1 is 1.26 bits per heavy atom. The Hall–Kier alpha value is -1.09. The van der Waals surface area contributed by atoms with E-state index >= 15 is 0 Å². The molecule has 1 unspecified atom stereocenters. The molecule has 19 heavy (non-hydrogen) atoms. The quantitative estimate of drug-likeness (QED) is 0.399. The van der Waals surface area contributed by atoms with Crippen molar-refractivity contribution in [2.75, 3.05) is 6.61 Å². The van der Waals surface area contributed by atoms with E-state index in [-0.39, 0.29) is 18.7 Å². The van der Waals surface area contributed by atoms with Gasteiger partial charge in [-0.15, -0.1) is 0 Å². The van der Waals surface area contributed by atoms with Crippen LogP contribution < -0.4 is 0 Å². The molecule has 0 N–H and O–H groups in total. The predicted octanol–water partition coefficient (Wildman–Crippen LogP) is 3.89. The Morgan fingerprint density at radius 3 is 2.32 bits per heavy atom. The van der Waals surface area contributed by atoms with Crippen LogP contribution in [0.3, 0.4) is 0 Å². The predicted molar refractivity (Wildman–Crippen MR) is 79.0 cm³/mol. The largest absolute Gasteiger partial charge is 0.459 e. The van der Waals surface area contributed by atoms with Gasteiger partial charge < -0.3 is 9.47 Å². The van der Waals surface area contributed by atoms with Gasteiger partial charge >= 0.3 is 5.97 Å². The first-order chi connectivity index (χ1) is 8.68. The molecule has 0 fully saturated rings. The normalized spacial score (nSPS) is 15.1. The number of rotatable bonds is 7. The number of hydrogen-bond acceptors (Lipinski definition) is 3. The zero-order chi connectivity index (χ0) is 15.1. The molecule has 0 aliphatic carbocycles. The lowest BCUT2D eigenvalue weighted by molar-refractivity contribution is -0.150. The summed E-state index contributed by atoms with van der Waals surface area (Å²) in [7, 11) is 0. The minimum absolute atomic E-state index is 0.0119. The highest BCUT2D eigenvalue weighted by Crippen LogP contribution is 2.18. The van der Waals surface area contributed by atoms with Gasteiger partial charge in [0.05, 0.1) is 11.7 Å². The highest BCUT2D eigenvalue weighted by molar-refractivity contribution is 5.81. The van der Waals surface area contributed by atoms with Gasteiger partial charge in [0.1, 0.15) is 6.61 Å². The molecule has 1 atom stereocenters. The number of carbonyl (C=O) groups excluding carboxylic acids is 1. The van der Waals surface area contributed by atoms with Gasteiger partial charge in [-0.2, -0.15) is 0 Å². The molecule has 0 saturated carbocycles. The van der Waals surface area contributed by atoms with Gasteiger partial charge in [0.15, 0.2) is 0 Å². The summed E-state index contributed by atoms with van der Waals surface area (Å²) in [6, 6.07) is 0. The molecule has 0 heterocycles. The molecule has 0 aromatic heterocycles. The summed E-state index contributed by atoms with van der Waals surface area (Å²) in [4.78, 5) is 11.3. The van der Waals surface area contributed by atoms with Gasteiger partial charge in [0.25, 0.3) is 0 Å². The third kappa shape index (κ3) is 8.60. The minimum Gasteiger partial charge on any atom is -0.459 e. The van der Waals surface area contributed by atoms with Gasteiger partial charge in [-0.05, 0) is 46.1 Å². The second-order valence-electron chi connectivity index (χ2n) is 5.78. The fourth-order valence-corrected chi connectivity index (χ4v) is 1.70. The molecular formula is C16H28O3. The number of carbonyl (C=O) groups is 1. The molecule has 0 amide bonds. The minimum atomic E-state index is -0.497. The van der Waals surface area contributed by atoms with Crippen molar-refractivity contribution in [1.82, 2.24) is 0 Å². The second-order valence-corrected chi connectivity index (χ2v) is 5.78. The first-order valence-corrected chi connectivity index (χ1v) is 6.83. The van der Waals surface area contributed by atoms with Crippen LogP contribution in [0, 0.1) is 5.92 Å². The summed E-state index contributed by atoms with van der Waals surface area (Å²) in [6.07, 6.45) is 5.27. The number of ether oxygens (including phenoxy) is 2. The van der Waals surface area contributed by atoms with Gasteiger partial charge in [0, 0.05) is 6.08 Å². The molecule has 0 aromatic carbocycles. The lowest BCUT2D eigenvalue weighted by atomic mass is 10.1. The van der Waals surface area contributed by atoms with Gasteiger partial charge in [-0.25, -0.2) is 4.79 Å². The van der Waals surface area contributed by atoms with Crippen LogP contribution in [-0.4, -0.2) is 24.3 Å². The van der Waals surface area contributed by atoms with Gasteiger partial charge in [-0.3, -0.25) is 0 Å². The first kappa shape index (κ1) is 17.9. The topological polar surface area (TPSA) is 35.5 Å². The van der Waals surface area contributed by atoms with E-state index < -0.39 is 5.60 Å². The van der Waals surface area contributed by atoms with E-state index in [1.165, 1.54) is 11.6 Å². The lowest BCUT2D eigenvalue weighted by Crippen LogP contribution is -2.35. The molecule has 0 aromatic rings. The molecular weight excluding hydrogens is 240 g/mol. The van der Waals surface area contributed by atoms with E-state index in [1.807, 2.05) is 20.8 Å². The molecule has 0 rings (SSSR count). The number of hydrogen-bond donors (Lipinski definition) is 0. The summed E-state index contributed by atoms with van der Waals surface area (Å²) in [6.45, 7) is 14.2. The van der Waals surface area contributed by atoms with E-state index in [2.05, 4.69) is 26.8 Å². The third-order valence-corrected chi connectivity index (χ3v) is 2.60. The SMILES string of the molecule is CC=CC(=O)OCC(C)(C)OC(C)C(C)=CC(C)C. The highest BCUT2D eigenvalue weighted by atomic mass is 16.6. The summed E-state index contributed by atoms with van der Waals surface area (Å²) in [5.41, 5.74) is 0.700. The molecule has 3 heteroatoms. The summed E-state index contributed by atoms with van der Waals surface area (Å²) >= 11 is 0. The van der Waals surface area contributed by atoms with Crippen LogP contribution in [0.15, 0.2) is 23.8 Å². The Balaban J connectivity index is 4.39. The Labute approximate surface area is 117 Å². The van der Waals surface area contributed by atoms with Crippen LogP contribution in [0.1, 0.15) is 48.5 Å². The van der Waals surface area contributed by atoms with E-state index in [0.717, 1.165) is 0 Å². The monoisotopic (exact) mass is 268 g/mol. The average molecular weight is 268 g/mol. The van der Waals surface area contributed by atoms with Crippen molar-refractivity contribution in [3.05, 3.63) is 23.8 Å². The van der Waals surface area contributed by atoms with Crippen molar-refractivity contribution in [3.63, 3.8) is 0 Å². The summed E-state index contributed by atoms with van der Waals surface area (Å²) in [5, 5.41) is 0. The van der Waals surface area contributed by atoms with Crippen LogP contribution in [0.25, 0.3) is 0 Å². The standard InChI is InChI=1S/C16H28O3/c1-8-9-15(17)18-11-16(6,7)19-14(5)13(4)10-12(2)3/h8-10,12,14H,11H2,1-7H3. The second kappa shape index (κ2) is 8.16. The maximum atomic E-state index is 11.3. The van der Waals surface area contributed by atoms with Crippen LogP contribution >= 0.6 is 0 Å². The molecule has 0 spiro atoms. The van der Waals surface area contributed by atoms with Crippen LogP contribution in [-0.2, 0) is 14.3 Å². The maximum absolute atomic E-state index is 11.3. The zero-order valence-corrected chi connectivity index (χ0v) is 13.3. The Bertz CT molecular complexity index is 338. The summed E-state index contributed by atoms with van der Waals surface area (Å²) in [5.74, 6) is 0.169. The van der Waals surface area contributed by atoms with Crippen molar-refractivity contribution >= 4 is 5.97 Å². The lowest BCUT2D eigenvalue weighted by Gasteiger charge is -2.29. The van der Waals surface area contributed by atoms with Gasteiger partial charge in [0.2, 0.25) is 0 Å². The smallest absolute Gasteiger partial charge is 0.330 e. The van der Waals surface area contributed by atoms with E-state index in [4.69, 9.17) is 9.47 Å². The van der Waals surface area contributed by atoms with E-state index in [1.54, 1.807) is 13.0 Å². The number of esters is 1. The molecule has 3 nitrogen and oxygen atoms in total. The van der Waals surface area contributed by atoms with Crippen molar-refractivity contribution < 1.29 is 14.3 Å². The molecule has 0 radical (unpaired) electrons. The highest BCUT2D eigenvalue weighted by Gasteiger charge is 2.24. The zero-order valence-electron chi connectivity index (χ0n) is 13.3. The van der Waals surface area contributed by atoms with E-state index in [0.29, 0.717) is 5.92 Å². The molecule has 0 saturated heterocycles. The fraction of sp³-hybridized carbons (Fsp3) is 0.688. The van der Waals surface area contributed by atoms with Crippen LogP contribution in [0.2, 0.25) is 0 Å². The molecule has 0 bridgehead atoms. The number of allylic oxidation sites excluding steroid dienone is 2. The van der Waals surface area contributed by atoms with Crippen molar-refractivity contribution in [1.29, 1.82) is 0 Å².